The maximum Gasteiger partial charge on any atom is 0.419 e. The molecule has 1 aliphatic rings. The second kappa shape index (κ2) is 9.48. The van der Waals surface area contributed by atoms with Crippen molar-refractivity contribution in [2.45, 2.75) is 31.5 Å². The number of carbonyl (C=O) groups is 1. The molecular formula is C22H19F5N8O. The molecule has 0 spiro atoms. The summed E-state index contributed by atoms with van der Waals surface area (Å²) in [6.07, 6.45) is -1.12. The van der Waals surface area contributed by atoms with Crippen LogP contribution in [0.1, 0.15) is 29.3 Å². The lowest BCUT2D eigenvalue weighted by Crippen LogP contribution is -2.57. The lowest BCUT2D eigenvalue weighted by Gasteiger charge is -2.43. The Morgan fingerprint density at radius 3 is 2.50 bits per heavy atom. The van der Waals surface area contributed by atoms with Crippen molar-refractivity contribution in [3.63, 3.8) is 0 Å². The van der Waals surface area contributed by atoms with Gasteiger partial charge in [0.25, 0.3) is 11.8 Å². The summed E-state index contributed by atoms with van der Waals surface area (Å²) in [7, 11) is 0. The molecule has 14 heteroatoms. The number of hydrogen-bond donors (Lipinski definition) is 1. The second-order valence-corrected chi connectivity index (χ2v) is 8.34. The van der Waals surface area contributed by atoms with E-state index in [2.05, 4.69) is 30.3 Å². The molecule has 1 aliphatic heterocycles. The second-order valence-electron chi connectivity index (χ2n) is 8.34. The molecule has 0 radical (unpaired) electrons. The molecule has 0 aliphatic carbocycles. The van der Waals surface area contributed by atoms with Crippen molar-refractivity contribution in [3.05, 3.63) is 65.5 Å². The molecule has 2 atom stereocenters. The Morgan fingerprint density at radius 1 is 1.22 bits per heavy atom. The molecule has 188 valence electrons. The van der Waals surface area contributed by atoms with E-state index in [1.165, 1.54) is 30.6 Å². The molecule has 1 saturated heterocycles. The Bertz CT molecular complexity index is 1270. The summed E-state index contributed by atoms with van der Waals surface area (Å²) in [5.41, 5.74) is -0.744. The van der Waals surface area contributed by atoms with Crippen LogP contribution in [0, 0.1) is 12.5 Å². The molecule has 0 bridgehead atoms. The summed E-state index contributed by atoms with van der Waals surface area (Å²) in [6, 6.07) is 3.42. The molecule has 36 heavy (non-hydrogen) atoms. The van der Waals surface area contributed by atoms with Gasteiger partial charge in [0.2, 0.25) is 5.95 Å². The molecule has 3 aromatic rings. The lowest BCUT2D eigenvalue weighted by molar-refractivity contribution is -0.138. The predicted octanol–water partition coefficient (Wildman–Crippen LogP) is 4.22. The van der Waals surface area contributed by atoms with Gasteiger partial charge >= 0.3 is 6.18 Å². The smallest absolute Gasteiger partial charge is 0.352 e. The highest BCUT2D eigenvalue weighted by Crippen LogP contribution is 2.36. The number of aromatic nitrogens is 5. The summed E-state index contributed by atoms with van der Waals surface area (Å²) >= 11 is 0. The van der Waals surface area contributed by atoms with E-state index in [1.807, 2.05) is 0 Å². The molecule has 1 amide bonds. The number of nitrogens with one attached hydrogen (secondary N) is 1. The van der Waals surface area contributed by atoms with Crippen molar-refractivity contribution in [1.29, 1.82) is 0 Å². The van der Waals surface area contributed by atoms with Crippen LogP contribution < -0.4 is 5.32 Å². The summed E-state index contributed by atoms with van der Waals surface area (Å²) in [5.74, 6) is -4.76. The van der Waals surface area contributed by atoms with Gasteiger partial charge in [-0.15, -0.1) is 0 Å². The number of likely N-dealkylation sites (tertiary alicyclic amines) is 1. The quantitative estimate of drug-likeness (QED) is 0.412. The predicted molar refractivity (Wildman–Crippen MR) is 117 cm³/mol. The van der Waals surface area contributed by atoms with Crippen LogP contribution in [0.5, 0.6) is 0 Å². The number of halogens is 5. The van der Waals surface area contributed by atoms with Crippen molar-refractivity contribution in [1.82, 2.24) is 29.9 Å². The van der Waals surface area contributed by atoms with Crippen LogP contribution in [0.4, 0.5) is 33.6 Å². The first-order valence-corrected chi connectivity index (χ1v) is 10.7. The van der Waals surface area contributed by atoms with Crippen LogP contribution in [-0.2, 0) is 6.18 Å². The van der Waals surface area contributed by atoms with Crippen molar-refractivity contribution < 1.29 is 26.7 Å². The highest BCUT2D eigenvalue weighted by molar-refractivity contribution is 5.99. The van der Waals surface area contributed by atoms with E-state index in [9.17, 15) is 26.7 Å². The summed E-state index contributed by atoms with van der Waals surface area (Å²) in [6.45, 7) is 7.85. The number of anilines is 1. The minimum Gasteiger partial charge on any atom is -0.352 e. The minimum absolute atomic E-state index is 0.0413. The molecule has 9 nitrogen and oxygen atoms in total. The number of carbonyl (C=O) groups excluding carboxylic acids is 1. The van der Waals surface area contributed by atoms with E-state index in [0.29, 0.717) is 12.4 Å². The highest BCUT2D eigenvalue weighted by atomic mass is 19.4. The maximum atomic E-state index is 14.6. The molecule has 0 saturated carbocycles. The third-order valence-corrected chi connectivity index (χ3v) is 5.76. The van der Waals surface area contributed by atoms with Crippen LogP contribution in [0.2, 0.25) is 0 Å². The lowest BCUT2D eigenvalue weighted by atomic mass is 9.87. The van der Waals surface area contributed by atoms with Crippen molar-refractivity contribution >= 4 is 17.5 Å². The normalized spacial score (nSPS) is 19.5. The average Bonchev–Trinajstić information content (AvgIpc) is 3.36. The third-order valence-electron chi connectivity index (χ3n) is 5.76. The Kier molecular flexibility index (Phi) is 6.57. The van der Waals surface area contributed by atoms with Gasteiger partial charge in [0.05, 0.1) is 48.4 Å². The standard InChI is InChI=1S/C22H19F5N8O/c1-13-8-21(23,24)12-34(18(13)11-31-20-29-9-14(10-30-20)22(25,26)27)19(36)16-7-15(28-2)3-4-17(16)35-32-5-6-33-35/h3-7,9-10,13,18H,8,11-12H2,1H3,(H,29,30,31)/t13-,18?/m1/s1. The van der Waals surface area contributed by atoms with Crippen LogP contribution >= 0.6 is 0 Å². The Morgan fingerprint density at radius 2 is 1.89 bits per heavy atom. The summed E-state index contributed by atoms with van der Waals surface area (Å²) in [5, 5.41) is 10.7. The van der Waals surface area contributed by atoms with Crippen molar-refractivity contribution in [3.8, 4) is 5.69 Å². The van der Waals surface area contributed by atoms with Crippen LogP contribution in [-0.4, -0.2) is 60.8 Å². The monoisotopic (exact) mass is 506 g/mol. The molecule has 2 aromatic heterocycles. The topological polar surface area (TPSA) is 93.2 Å². The molecule has 4 rings (SSSR count). The number of piperidine rings is 1. The number of amides is 1. The van der Waals surface area contributed by atoms with E-state index >= 15 is 0 Å². The zero-order valence-corrected chi connectivity index (χ0v) is 18.7. The molecule has 3 heterocycles. The van der Waals surface area contributed by atoms with Crippen LogP contribution in [0.25, 0.3) is 10.5 Å². The number of benzene rings is 1. The van der Waals surface area contributed by atoms with Crippen LogP contribution in [0.15, 0.2) is 43.0 Å². The number of hydrogen-bond acceptors (Lipinski definition) is 6. The first kappa shape index (κ1) is 25.0. The van der Waals surface area contributed by atoms with E-state index in [-0.39, 0.29) is 29.4 Å². The Hall–Kier alpha value is -4.15. The van der Waals surface area contributed by atoms with Crippen molar-refractivity contribution in [2.75, 3.05) is 18.4 Å². The fourth-order valence-electron chi connectivity index (χ4n) is 4.07. The van der Waals surface area contributed by atoms with Gasteiger partial charge < -0.3 is 10.2 Å². The number of alkyl halides is 5. The largest absolute Gasteiger partial charge is 0.419 e. The molecular weight excluding hydrogens is 487 g/mol. The van der Waals surface area contributed by atoms with Gasteiger partial charge in [0.15, 0.2) is 5.69 Å². The number of rotatable bonds is 5. The maximum absolute atomic E-state index is 14.6. The fraction of sp³-hybridized carbons (Fsp3) is 0.364. The first-order chi connectivity index (χ1) is 17.0. The van der Waals surface area contributed by atoms with Gasteiger partial charge in [-0.1, -0.05) is 13.0 Å². The Labute approximate surface area is 201 Å². The molecule has 1 N–H and O–H groups in total. The highest BCUT2D eigenvalue weighted by Gasteiger charge is 2.46. The Balaban J connectivity index is 1.64. The van der Waals surface area contributed by atoms with E-state index in [4.69, 9.17) is 6.57 Å². The van der Waals surface area contributed by atoms with Gasteiger partial charge in [-0.3, -0.25) is 4.79 Å². The molecule has 1 aromatic carbocycles. The summed E-state index contributed by atoms with van der Waals surface area (Å²) < 4.78 is 67.4. The third kappa shape index (κ3) is 5.24. The van der Waals surface area contributed by atoms with Crippen molar-refractivity contribution in [2.24, 2.45) is 5.92 Å². The van der Waals surface area contributed by atoms with E-state index < -0.39 is 48.5 Å². The van der Waals surface area contributed by atoms with Gasteiger partial charge in [-0.2, -0.15) is 28.2 Å². The zero-order valence-electron chi connectivity index (χ0n) is 18.7. The van der Waals surface area contributed by atoms with Gasteiger partial charge in [-0.05, 0) is 18.1 Å². The van der Waals surface area contributed by atoms with Gasteiger partial charge in [-0.25, -0.2) is 23.6 Å². The van der Waals surface area contributed by atoms with E-state index in [1.54, 1.807) is 6.92 Å². The van der Waals surface area contributed by atoms with Crippen LogP contribution in [0.3, 0.4) is 0 Å². The SMILES string of the molecule is [C-]#[N+]c1ccc(-n2nccn2)c(C(=O)N2CC(F)(F)C[C@@H](C)C2CNc2ncc(C(F)(F)F)cn2)c1. The van der Waals surface area contributed by atoms with E-state index in [0.717, 1.165) is 9.70 Å². The number of nitrogens with zero attached hydrogens (tertiary/aromatic N) is 7. The van der Waals surface area contributed by atoms with Gasteiger partial charge in [0.1, 0.15) is 0 Å². The average molecular weight is 506 g/mol. The molecule has 1 fully saturated rings. The zero-order chi connectivity index (χ0) is 26.1. The summed E-state index contributed by atoms with van der Waals surface area (Å²) in [4.78, 5) is 26.4. The minimum atomic E-state index is -4.60. The molecule has 1 unspecified atom stereocenters. The fourth-order valence-corrected chi connectivity index (χ4v) is 4.07. The first-order valence-electron chi connectivity index (χ1n) is 10.7. The van der Waals surface area contributed by atoms with Gasteiger partial charge in [0, 0.05) is 25.4 Å².